The van der Waals surface area contributed by atoms with Gasteiger partial charge in [-0.25, -0.2) is 0 Å². The summed E-state index contributed by atoms with van der Waals surface area (Å²) < 4.78 is 8.43. The fraction of sp³-hybridized carbons (Fsp3) is 0.182. The van der Waals surface area contributed by atoms with Crippen molar-refractivity contribution in [3.8, 4) is 0 Å². The van der Waals surface area contributed by atoms with E-state index >= 15 is 0 Å². The number of oxazole rings is 1. The molecular weight excluding hydrogens is 222 g/mol. The molecule has 0 aliphatic heterocycles. The van der Waals surface area contributed by atoms with Gasteiger partial charge in [0.05, 0.1) is 5.69 Å². The largest absolute Gasteiger partial charge is 0.428 e. The molecule has 3 N–H and O–H groups in total. The Kier molecular flexibility index (Phi) is 3.05. The van der Waals surface area contributed by atoms with Crippen LogP contribution in [0.25, 0.3) is 0 Å². The second-order valence-electron chi connectivity index (χ2n) is 3.43. The van der Waals surface area contributed by atoms with Crippen LogP contribution < -0.4 is 10.5 Å². The third kappa shape index (κ3) is 2.49. The molecule has 0 amide bonds. The summed E-state index contributed by atoms with van der Waals surface area (Å²) in [5.74, 6) is 0.834. The Bertz CT molecular complexity index is 459. The number of anilines is 2. The highest BCUT2D eigenvalue weighted by Crippen LogP contribution is 2.22. The van der Waals surface area contributed by atoms with Crippen molar-refractivity contribution in [1.82, 2.24) is 4.98 Å². The van der Waals surface area contributed by atoms with Crippen molar-refractivity contribution in [1.29, 1.82) is 0 Å². The molecule has 0 saturated heterocycles. The third-order valence-electron chi connectivity index (χ3n) is 2.16. The summed E-state index contributed by atoms with van der Waals surface area (Å²) in [5.41, 5.74) is 7.26. The molecule has 1 aromatic carbocycles. The molecule has 16 heavy (non-hydrogen) atoms. The maximum atomic E-state index is 5.60. The first-order valence-electron chi connectivity index (χ1n) is 4.87. The topological polar surface area (TPSA) is 64.1 Å². The molecule has 0 saturated carbocycles. The van der Waals surface area contributed by atoms with Crippen molar-refractivity contribution >= 4 is 23.6 Å². The molecule has 0 atom stereocenters. The first-order valence-corrected chi connectivity index (χ1v) is 5.69. The molecule has 0 unspecified atom stereocenters. The zero-order valence-corrected chi connectivity index (χ0v) is 9.97. The molecule has 2 rings (SSSR count). The Morgan fingerprint density at radius 3 is 2.50 bits per heavy atom. The number of aryl methyl sites for hydroxylation is 2. The van der Waals surface area contributed by atoms with Crippen LogP contribution in [0.1, 0.15) is 11.5 Å². The van der Waals surface area contributed by atoms with Gasteiger partial charge in [0.15, 0.2) is 0 Å². The number of nitrogens with one attached hydrogen (secondary N) is 1. The average molecular weight is 235 g/mol. The molecule has 0 spiro atoms. The molecule has 1 heterocycles. The summed E-state index contributed by atoms with van der Waals surface area (Å²) >= 11 is 1.44. The van der Waals surface area contributed by atoms with Gasteiger partial charge in [-0.05, 0) is 50.1 Å². The van der Waals surface area contributed by atoms with Crippen molar-refractivity contribution in [2.24, 2.45) is 0 Å². The number of nitrogen functional groups attached to an aromatic ring is 1. The van der Waals surface area contributed by atoms with Crippen molar-refractivity contribution < 1.29 is 4.42 Å². The van der Waals surface area contributed by atoms with Gasteiger partial charge >= 0.3 is 6.01 Å². The van der Waals surface area contributed by atoms with Crippen LogP contribution in [0.2, 0.25) is 0 Å². The number of nitrogens with two attached hydrogens (primary N) is 1. The van der Waals surface area contributed by atoms with E-state index in [-0.39, 0.29) is 0 Å². The molecule has 0 fully saturated rings. The van der Waals surface area contributed by atoms with Crippen LogP contribution in [0.5, 0.6) is 0 Å². The Morgan fingerprint density at radius 2 is 1.94 bits per heavy atom. The molecule has 0 aliphatic rings. The highest BCUT2D eigenvalue weighted by atomic mass is 32.2. The quantitative estimate of drug-likeness (QED) is 0.632. The third-order valence-corrected chi connectivity index (χ3v) is 2.95. The lowest BCUT2D eigenvalue weighted by molar-refractivity contribution is 0.546. The molecule has 1 aromatic heterocycles. The molecule has 5 heteroatoms. The normalized spacial score (nSPS) is 10.4. The minimum atomic E-state index is 0.525. The zero-order valence-electron chi connectivity index (χ0n) is 9.15. The molecule has 84 valence electrons. The second kappa shape index (κ2) is 4.49. The predicted octanol–water partition coefficient (Wildman–Crippen LogP) is 2.99. The summed E-state index contributed by atoms with van der Waals surface area (Å²) in [7, 11) is 0. The molecular formula is C11H13N3OS. The lowest BCUT2D eigenvalue weighted by Gasteiger charge is -2.00. The van der Waals surface area contributed by atoms with Crippen LogP contribution in [-0.4, -0.2) is 4.98 Å². The number of hydrogen-bond donors (Lipinski definition) is 2. The van der Waals surface area contributed by atoms with E-state index in [0.29, 0.717) is 6.01 Å². The van der Waals surface area contributed by atoms with E-state index in [4.69, 9.17) is 10.2 Å². The summed E-state index contributed by atoms with van der Waals surface area (Å²) in [5, 5.41) is 0. The smallest absolute Gasteiger partial charge is 0.305 e. The van der Waals surface area contributed by atoms with Gasteiger partial charge in [0, 0.05) is 10.6 Å². The van der Waals surface area contributed by atoms with Crippen LogP contribution >= 0.6 is 11.9 Å². The number of hydrogen-bond acceptors (Lipinski definition) is 5. The van der Waals surface area contributed by atoms with Crippen LogP contribution in [-0.2, 0) is 0 Å². The number of nitrogens with zero attached hydrogens (tertiary/aromatic N) is 1. The molecule has 0 radical (unpaired) electrons. The molecule has 0 bridgehead atoms. The van der Waals surface area contributed by atoms with Gasteiger partial charge in [0.2, 0.25) is 0 Å². The standard InChI is InChI=1S/C11H13N3OS/c1-7-8(2)15-11(13-7)14-16-10-5-3-9(12)4-6-10/h3-6H,12H2,1-2H3,(H,13,14). The highest BCUT2D eigenvalue weighted by molar-refractivity contribution is 8.00. The van der Waals surface area contributed by atoms with E-state index in [0.717, 1.165) is 22.0 Å². The monoisotopic (exact) mass is 235 g/mol. The van der Waals surface area contributed by atoms with Crippen LogP contribution in [0.3, 0.4) is 0 Å². The maximum Gasteiger partial charge on any atom is 0.305 e. The van der Waals surface area contributed by atoms with Crippen LogP contribution in [0.4, 0.5) is 11.7 Å². The van der Waals surface area contributed by atoms with E-state index < -0.39 is 0 Å². The lowest BCUT2D eigenvalue weighted by atomic mass is 10.3. The van der Waals surface area contributed by atoms with Gasteiger partial charge in [-0.3, -0.25) is 4.72 Å². The van der Waals surface area contributed by atoms with Crippen molar-refractivity contribution in [2.45, 2.75) is 18.7 Å². The van der Waals surface area contributed by atoms with Gasteiger partial charge in [0.1, 0.15) is 5.76 Å². The number of benzene rings is 1. The van der Waals surface area contributed by atoms with Crippen molar-refractivity contribution in [3.05, 3.63) is 35.7 Å². The van der Waals surface area contributed by atoms with Crippen molar-refractivity contribution in [2.75, 3.05) is 10.5 Å². The van der Waals surface area contributed by atoms with E-state index in [9.17, 15) is 0 Å². The second-order valence-corrected chi connectivity index (χ2v) is 4.31. The summed E-state index contributed by atoms with van der Waals surface area (Å²) in [6.45, 7) is 3.80. The number of aromatic nitrogens is 1. The van der Waals surface area contributed by atoms with Gasteiger partial charge in [-0.15, -0.1) is 0 Å². The van der Waals surface area contributed by atoms with Gasteiger partial charge in [-0.2, -0.15) is 4.98 Å². The average Bonchev–Trinajstić information content (AvgIpc) is 2.58. The van der Waals surface area contributed by atoms with Gasteiger partial charge in [0.25, 0.3) is 0 Å². The molecule has 4 nitrogen and oxygen atoms in total. The minimum Gasteiger partial charge on any atom is -0.428 e. The summed E-state index contributed by atoms with van der Waals surface area (Å²) in [6.07, 6.45) is 0. The van der Waals surface area contributed by atoms with E-state index in [1.807, 2.05) is 38.1 Å². The Balaban J connectivity index is 1.99. The van der Waals surface area contributed by atoms with Gasteiger partial charge < -0.3 is 10.2 Å². The first-order chi connectivity index (χ1) is 7.65. The fourth-order valence-electron chi connectivity index (χ4n) is 1.15. The Labute approximate surface area is 98.4 Å². The summed E-state index contributed by atoms with van der Waals surface area (Å²) in [6, 6.07) is 8.12. The fourth-order valence-corrected chi connectivity index (χ4v) is 1.72. The first kappa shape index (κ1) is 10.9. The molecule has 2 aromatic rings. The Morgan fingerprint density at radius 1 is 1.25 bits per heavy atom. The van der Waals surface area contributed by atoms with Gasteiger partial charge in [-0.1, -0.05) is 0 Å². The van der Waals surface area contributed by atoms with Crippen molar-refractivity contribution in [3.63, 3.8) is 0 Å². The minimum absolute atomic E-state index is 0.525. The SMILES string of the molecule is Cc1nc(NSc2ccc(N)cc2)oc1C. The predicted molar refractivity (Wildman–Crippen MR) is 66.3 cm³/mol. The number of rotatable bonds is 3. The van der Waals surface area contributed by atoms with E-state index in [2.05, 4.69) is 9.71 Å². The van der Waals surface area contributed by atoms with Crippen LogP contribution in [0, 0.1) is 13.8 Å². The zero-order chi connectivity index (χ0) is 11.5. The lowest BCUT2D eigenvalue weighted by Crippen LogP contribution is -1.87. The molecule has 0 aliphatic carbocycles. The maximum absolute atomic E-state index is 5.60. The van der Waals surface area contributed by atoms with E-state index in [1.165, 1.54) is 11.9 Å². The highest BCUT2D eigenvalue weighted by Gasteiger charge is 2.04. The van der Waals surface area contributed by atoms with E-state index in [1.54, 1.807) is 0 Å². The Hall–Kier alpha value is -1.62. The summed E-state index contributed by atoms with van der Waals surface area (Å²) in [4.78, 5) is 5.28. The van der Waals surface area contributed by atoms with Crippen LogP contribution in [0.15, 0.2) is 33.6 Å².